The van der Waals surface area contributed by atoms with Crippen LogP contribution in [0.3, 0.4) is 0 Å². The molecule has 0 saturated heterocycles. The molecule has 1 aliphatic rings. The molecule has 2 N–H and O–H groups in total. The molecule has 0 aromatic rings. The van der Waals surface area contributed by atoms with Crippen molar-refractivity contribution in [1.82, 2.24) is 5.32 Å². The van der Waals surface area contributed by atoms with Crippen molar-refractivity contribution in [3.8, 4) is 0 Å². The van der Waals surface area contributed by atoms with Crippen LogP contribution in [0.1, 0.15) is 27.2 Å². The number of hydrogen-bond acceptors (Lipinski definition) is 3. The maximum atomic E-state index is 9.44. The van der Waals surface area contributed by atoms with Gasteiger partial charge < -0.3 is 15.2 Å². The second-order valence-electron chi connectivity index (χ2n) is 4.47. The first-order valence-electron chi connectivity index (χ1n) is 5.05. The van der Waals surface area contributed by atoms with Gasteiger partial charge in [-0.3, -0.25) is 0 Å². The summed E-state index contributed by atoms with van der Waals surface area (Å²) in [7, 11) is 0. The highest BCUT2D eigenvalue weighted by Crippen LogP contribution is 2.44. The second-order valence-corrected chi connectivity index (χ2v) is 4.47. The third-order valence-corrected chi connectivity index (χ3v) is 2.63. The molecule has 2 atom stereocenters. The number of nitrogens with one attached hydrogen (secondary N) is 1. The SMILES string of the molecule is CCOCC(O)CNC1CC1(C)C. The molecule has 0 spiro atoms. The Balaban J connectivity index is 2.00. The molecule has 1 rings (SSSR count). The summed E-state index contributed by atoms with van der Waals surface area (Å²) in [5.41, 5.74) is 0.436. The van der Waals surface area contributed by atoms with E-state index in [1.54, 1.807) is 0 Å². The molecule has 0 aromatic heterocycles. The summed E-state index contributed by atoms with van der Waals surface area (Å²) in [6.07, 6.45) is 0.852. The molecule has 0 aliphatic heterocycles. The van der Waals surface area contributed by atoms with Crippen molar-refractivity contribution in [2.24, 2.45) is 5.41 Å². The van der Waals surface area contributed by atoms with Gasteiger partial charge in [0, 0.05) is 19.2 Å². The molecule has 13 heavy (non-hydrogen) atoms. The van der Waals surface area contributed by atoms with Crippen LogP contribution >= 0.6 is 0 Å². The van der Waals surface area contributed by atoms with E-state index in [2.05, 4.69) is 19.2 Å². The first kappa shape index (κ1) is 11.0. The molecular formula is C10H21NO2. The molecule has 2 unspecified atom stereocenters. The van der Waals surface area contributed by atoms with E-state index in [1.807, 2.05) is 6.92 Å². The van der Waals surface area contributed by atoms with Gasteiger partial charge >= 0.3 is 0 Å². The second kappa shape index (κ2) is 4.40. The van der Waals surface area contributed by atoms with Gasteiger partial charge in [0.25, 0.3) is 0 Å². The number of aliphatic hydroxyl groups excluding tert-OH is 1. The maximum Gasteiger partial charge on any atom is 0.0897 e. The lowest BCUT2D eigenvalue weighted by Crippen LogP contribution is -2.33. The first-order valence-corrected chi connectivity index (χ1v) is 5.05. The summed E-state index contributed by atoms with van der Waals surface area (Å²) in [4.78, 5) is 0. The number of aliphatic hydroxyl groups is 1. The van der Waals surface area contributed by atoms with E-state index in [-0.39, 0.29) is 6.10 Å². The van der Waals surface area contributed by atoms with Gasteiger partial charge in [0.05, 0.1) is 12.7 Å². The van der Waals surface area contributed by atoms with Crippen molar-refractivity contribution >= 4 is 0 Å². The van der Waals surface area contributed by atoms with Crippen molar-refractivity contribution in [2.75, 3.05) is 19.8 Å². The van der Waals surface area contributed by atoms with E-state index in [0.29, 0.717) is 31.2 Å². The fourth-order valence-electron chi connectivity index (χ4n) is 1.41. The van der Waals surface area contributed by atoms with Crippen LogP contribution in [-0.4, -0.2) is 37.0 Å². The van der Waals surface area contributed by atoms with Crippen LogP contribution in [0.25, 0.3) is 0 Å². The molecule has 0 amide bonds. The van der Waals surface area contributed by atoms with Gasteiger partial charge in [-0.15, -0.1) is 0 Å². The van der Waals surface area contributed by atoms with Crippen molar-refractivity contribution in [1.29, 1.82) is 0 Å². The highest BCUT2D eigenvalue weighted by molar-refractivity contribution is 5.01. The van der Waals surface area contributed by atoms with Gasteiger partial charge in [-0.2, -0.15) is 0 Å². The fourth-order valence-corrected chi connectivity index (χ4v) is 1.41. The third kappa shape index (κ3) is 3.63. The summed E-state index contributed by atoms with van der Waals surface area (Å²) >= 11 is 0. The quantitative estimate of drug-likeness (QED) is 0.645. The zero-order chi connectivity index (χ0) is 9.90. The zero-order valence-electron chi connectivity index (χ0n) is 8.84. The minimum atomic E-state index is -0.364. The van der Waals surface area contributed by atoms with Crippen LogP contribution in [0.5, 0.6) is 0 Å². The van der Waals surface area contributed by atoms with Gasteiger partial charge in [0.15, 0.2) is 0 Å². The van der Waals surface area contributed by atoms with Gasteiger partial charge in [-0.25, -0.2) is 0 Å². The molecule has 0 radical (unpaired) electrons. The van der Waals surface area contributed by atoms with E-state index in [1.165, 1.54) is 6.42 Å². The normalized spacial score (nSPS) is 27.2. The lowest BCUT2D eigenvalue weighted by atomic mass is 10.2. The first-order chi connectivity index (χ1) is 6.06. The van der Waals surface area contributed by atoms with Crippen LogP contribution in [0.4, 0.5) is 0 Å². The Bertz CT molecular complexity index is 159. The summed E-state index contributed by atoms with van der Waals surface area (Å²) in [5.74, 6) is 0. The van der Waals surface area contributed by atoms with Crippen molar-refractivity contribution in [3.63, 3.8) is 0 Å². The molecule has 78 valence electrons. The number of rotatable bonds is 6. The predicted molar refractivity (Wildman–Crippen MR) is 52.7 cm³/mol. The number of hydrogen-bond donors (Lipinski definition) is 2. The van der Waals surface area contributed by atoms with E-state index in [0.717, 1.165) is 0 Å². The van der Waals surface area contributed by atoms with Gasteiger partial charge in [0.2, 0.25) is 0 Å². The van der Waals surface area contributed by atoms with Crippen molar-refractivity contribution in [3.05, 3.63) is 0 Å². The smallest absolute Gasteiger partial charge is 0.0897 e. The fraction of sp³-hybridized carbons (Fsp3) is 1.00. The standard InChI is InChI=1S/C10H21NO2/c1-4-13-7-8(12)6-11-9-5-10(9,2)3/h8-9,11-12H,4-7H2,1-3H3. The topological polar surface area (TPSA) is 41.5 Å². The van der Waals surface area contributed by atoms with Crippen LogP contribution in [0.15, 0.2) is 0 Å². The van der Waals surface area contributed by atoms with Crippen molar-refractivity contribution in [2.45, 2.75) is 39.3 Å². The largest absolute Gasteiger partial charge is 0.389 e. The minimum absolute atomic E-state index is 0.364. The maximum absolute atomic E-state index is 9.44. The Morgan fingerprint density at radius 3 is 2.69 bits per heavy atom. The monoisotopic (exact) mass is 187 g/mol. The Kier molecular flexibility index (Phi) is 3.71. The molecule has 3 nitrogen and oxygen atoms in total. The molecule has 1 fully saturated rings. The van der Waals surface area contributed by atoms with E-state index in [9.17, 15) is 5.11 Å². The summed E-state index contributed by atoms with van der Waals surface area (Å²) in [6, 6.07) is 0.587. The highest BCUT2D eigenvalue weighted by Gasteiger charge is 2.45. The molecule has 1 aliphatic carbocycles. The molecular weight excluding hydrogens is 166 g/mol. The average molecular weight is 187 g/mol. The highest BCUT2D eigenvalue weighted by atomic mass is 16.5. The molecule has 1 saturated carbocycles. The van der Waals surface area contributed by atoms with Crippen LogP contribution < -0.4 is 5.32 Å². The lowest BCUT2D eigenvalue weighted by molar-refractivity contribution is 0.0423. The average Bonchev–Trinajstić information content (AvgIpc) is 2.67. The molecule has 0 bridgehead atoms. The Morgan fingerprint density at radius 1 is 1.62 bits per heavy atom. The zero-order valence-corrected chi connectivity index (χ0v) is 8.84. The minimum Gasteiger partial charge on any atom is -0.389 e. The molecule has 3 heteroatoms. The Hall–Kier alpha value is -0.120. The van der Waals surface area contributed by atoms with Crippen LogP contribution in [0, 0.1) is 5.41 Å². The summed E-state index contributed by atoms with van der Waals surface area (Å²) in [5, 5.41) is 12.8. The lowest BCUT2D eigenvalue weighted by Gasteiger charge is -2.12. The molecule has 0 heterocycles. The van der Waals surface area contributed by atoms with Crippen molar-refractivity contribution < 1.29 is 9.84 Å². The van der Waals surface area contributed by atoms with Gasteiger partial charge in [0.1, 0.15) is 0 Å². The van der Waals surface area contributed by atoms with E-state index >= 15 is 0 Å². The summed E-state index contributed by atoms with van der Waals surface area (Å²) < 4.78 is 5.11. The number of ether oxygens (including phenoxy) is 1. The Morgan fingerprint density at radius 2 is 2.23 bits per heavy atom. The van der Waals surface area contributed by atoms with E-state index in [4.69, 9.17) is 4.74 Å². The molecule has 0 aromatic carbocycles. The Labute approximate surface area is 80.5 Å². The predicted octanol–water partition coefficient (Wildman–Crippen LogP) is 0.772. The summed E-state index contributed by atoms with van der Waals surface area (Å²) in [6.45, 7) is 8.17. The van der Waals surface area contributed by atoms with E-state index < -0.39 is 0 Å². The van der Waals surface area contributed by atoms with Gasteiger partial charge in [-0.1, -0.05) is 13.8 Å². The van der Waals surface area contributed by atoms with Crippen LogP contribution in [0.2, 0.25) is 0 Å². The van der Waals surface area contributed by atoms with Crippen LogP contribution in [-0.2, 0) is 4.74 Å². The van der Waals surface area contributed by atoms with Gasteiger partial charge in [-0.05, 0) is 18.8 Å². The third-order valence-electron chi connectivity index (χ3n) is 2.63.